The van der Waals surface area contributed by atoms with Gasteiger partial charge in [-0.3, -0.25) is 0 Å². The summed E-state index contributed by atoms with van der Waals surface area (Å²) in [7, 11) is 0. The number of benzene rings is 10. The minimum absolute atomic E-state index is 0.213. The van der Waals surface area contributed by atoms with Crippen LogP contribution in [0.25, 0.3) is 66.4 Å². The normalized spacial score (nSPS) is 15.9. The van der Waals surface area contributed by atoms with Gasteiger partial charge in [0, 0.05) is 27.4 Å². The van der Waals surface area contributed by atoms with Crippen LogP contribution >= 0.6 is 0 Å². The van der Waals surface area contributed by atoms with Gasteiger partial charge in [-0.15, -0.1) is 0 Å². The summed E-state index contributed by atoms with van der Waals surface area (Å²) in [6.45, 7) is 4.81. The lowest BCUT2D eigenvalue weighted by molar-refractivity contribution is 0.644. The second kappa shape index (κ2) is 12.2. The summed E-state index contributed by atoms with van der Waals surface area (Å²) in [6.07, 6.45) is 0. The molecule has 0 N–H and O–H groups in total. The average molecular weight is 852 g/mol. The van der Waals surface area contributed by atoms with Crippen molar-refractivity contribution in [3.05, 3.63) is 268 Å². The highest BCUT2D eigenvalue weighted by Gasteiger charge is 2.56. The standard InChI is InChI=1S/C65H41NO/c1-63(2)49-24-10-3-22-44(49)48-36-57-59(37-55(48)63)66(38-31-32-45-43-21-6-13-27-52(43)64(56(45)35-38)50-25-11-4-17-39(50)40-18-5-12-26-51(40)64)58-34-33-47-46-23-9-16-30-60(46)67-62(47)61(58)65(57)53-28-14-7-19-41(53)42-20-8-15-29-54(42)65/h3-37H,1-2H3. The maximum absolute atomic E-state index is 7.29. The van der Waals surface area contributed by atoms with Crippen LogP contribution in [-0.4, -0.2) is 0 Å². The zero-order chi connectivity index (χ0) is 44.0. The lowest BCUT2D eigenvalue weighted by atomic mass is 9.63. The van der Waals surface area contributed by atoms with Gasteiger partial charge in [0.15, 0.2) is 0 Å². The molecule has 10 aromatic carbocycles. The molecule has 11 aromatic rings. The van der Waals surface area contributed by atoms with Crippen molar-refractivity contribution in [1.82, 2.24) is 0 Å². The first-order valence-corrected chi connectivity index (χ1v) is 23.7. The van der Waals surface area contributed by atoms with Gasteiger partial charge in [-0.2, -0.15) is 0 Å². The van der Waals surface area contributed by atoms with Gasteiger partial charge in [0.1, 0.15) is 11.2 Å². The van der Waals surface area contributed by atoms with Crippen molar-refractivity contribution in [3.8, 4) is 44.5 Å². The Morgan fingerprint density at radius 1 is 0.328 bits per heavy atom. The summed E-state index contributed by atoms with van der Waals surface area (Å²) in [4.78, 5) is 2.61. The van der Waals surface area contributed by atoms with Crippen molar-refractivity contribution in [3.63, 3.8) is 0 Å². The first-order chi connectivity index (χ1) is 33.0. The molecule has 312 valence electrons. The van der Waals surface area contributed by atoms with Gasteiger partial charge in [0.2, 0.25) is 0 Å². The van der Waals surface area contributed by atoms with Gasteiger partial charge in [-0.25, -0.2) is 0 Å². The fourth-order valence-corrected chi connectivity index (χ4v) is 14.1. The van der Waals surface area contributed by atoms with Crippen molar-refractivity contribution >= 4 is 39.0 Å². The molecule has 67 heavy (non-hydrogen) atoms. The molecule has 2 heterocycles. The molecule has 0 saturated heterocycles. The van der Waals surface area contributed by atoms with E-state index >= 15 is 0 Å². The number of nitrogens with zero attached hydrogens (tertiary/aromatic N) is 1. The summed E-state index contributed by atoms with van der Waals surface area (Å²) in [5.74, 6) is 0. The number of fused-ring (bicyclic) bond motifs is 26. The number of anilines is 3. The minimum Gasteiger partial charge on any atom is -0.456 e. The van der Waals surface area contributed by atoms with E-state index in [0.29, 0.717) is 0 Å². The monoisotopic (exact) mass is 851 g/mol. The Hall–Kier alpha value is -8.20. The summed E-state index contributed by atoms with van der Waals surface area (Å²) in [6, 6.07) is 80.5. The Bertz CT molecular complexity index is 3940. The number of hydrogen-bond acceptors (Lipinski definition) is 2. The molecule has 0 saturated carbocycles. The van der Waals surface area contributed by atoms with Crippen LogP contribution in [0.4, 0.5) is 17.1 Å². The number of rotatable bonds is 1. The minimum atomic E-state index is -0.698. The molecule has 2 nitrogen and oxygen atoms in total. The van der Waals surface area contributed by atoms with Crippen LogP contribution in [0.5, 0.6) is 0 Å². The zero-order valence-corrected chi connectivity index (χ0v) is 37.1. The predicted molar refractivity (Wildman–Crippen MR) is 273 cm³/mol. The lowest BCUT2D eigenvalue weighted by Gasteiger charge is -2.45. The summed E-state index contributed by atoms with van der Waals surface area (Å²) >= 11 is 0. The third kappa shape index (κ3) is 4.05. The fourth-order valence-electron chi connectivity index (χ4n) is 14.1. The number of furan rings is 1. The quantitative estimate of drug-likeness (QED) is 0.164. The van der Waals surface area contributed by atoms with Crippen LogP contribution < -0.4 is 4.90 Å². The van der Waals surface area contributed by atoms with Gasteiger partial charge >= 0.3 is 0 Å². The highest BCUT2D eigenvalue weighted by atomic mass is 16.3. The molecule has 2 spiro atoms. The molecular formula is C65H41NO. The van der Waals surface area contributed by atoms with Crippen molar-refractivity contribution in [2.24, 2.45) is 0 Å². The van der Waals surface area contributed by atoms with E-state index in [2.05, 4.69) is 231 Å². The van der Waals surface area contributed by atoms with E-state index in [4.69, 9.17) is 4.42 Å². The molecule has 0 unspecified atom stereocenters. The molecule has 5 aliphatic rings. The van der Waals surface area contributed by atoms with Gasteiger partial charge in [0.05, 0.1) is 22.2 Å². The second-order valence-corrected chi connectivity index (χ2v) is 19.8. The molecule has 0 atom stereocenters. The topological polar surface area (TPSA) is 16.4 Å². The van der Waals surface area contributed by atoms with Gasteiger partial charge in [-0.1, -0.05) is 184 Å². The van der Waals surface area contributed by atoms with E-state index in [9.17, 15) is 0 Å². The first kappa shape index (κ1) is 36.1. The van der Waals surface area contributed by atoms with Crippen LogP contribution in [0.3, 0.4) is 0 Å². The maximum atomic E-state index is 7.29. The molecule has 0 bridgehead atoms. The maximum Gasteiger partial charge on any atom is 0.142 e. The van der Waals surface area contributed by atoms with Crippen molar-refractivity contribution in [2.45, 2.75) is 30.1 Å². The Labute approximate surface area is 389 Å². The SMILES string of the molecule is CC1(C)c2ccccc2-c2cc3c(cc21)N(c1ccc2c(c1)C1(c4ccccc4-c4ccccc41)c1ccccc1-2)c1ccc2c(oc4ccccc42)c1C31c2ccccc2-c2ccccc21. The van der Waals surface area contributed by atoms with Crippen LogP contribution in [0.2, 0.25) is 0 Å². The molecule has 0 radical (unpaired) electrons. The molecule has 2 heteroatoms. The number of para-hydroxylation sites is 1. The van der Waals surface area contributed by atoms with Gasteiger partial charge in [0.25, 0.3) is 0 Å². The zero-order valence-electron chi connectivity index (χ0n) is 37.1. The molecule has 1 aliphatic heterocycles. The van der Waals surface area contributed by atoms with Crippen molar-refractivity contribution in [1.29, 1.82) is 0 Å². The first-order valence-electron chi connectivity index (χ1n) is 23.7. The molecule has 1 aromatic heterocycles. The average Bonchev–Trinajstić information content (AvgIpc) is 4.13. The highest BCUT2D eigenvalue weighted by molar-refractivity contribution is 6.11. The lowest BCUT2D eigenvalue weighted by Crippen LogP contribution is -2.37. The highest BCUT2D eigenvalue weighted by Crippen LogP contribution is 2.68. The summed E-state index contributed by atoms with van der Waals surface area (Å²) in [5, 5.41) is 2.27. The van der Waals surface area contributed by atoms with E-state index < -0.39 is 10.8 Å². The Balaban J connectivity index is 1.08. The Kier molecular flexibility index (Phi) is 6.55. The Morgan fingerprint density at radius 2 is 0.806 bits per heavy atom. The van der Waals surface area contributed by atoms with Gasteiger partial charge in [-0.05, 0) is 137 Å². The molecular weight excluding hydrogens is 811 g/mol. The summed E-state index contributed by atoms with van der Waals surface area (Å²) in [5.41, 5.74) is 27.4. The largest absolute Gasteiger partial charge is 0.456 e. The van der Waals surface area contributed by atoms with Crippen LogP contribution in [0.1, 0.15) is 69.5 Å². The molecule has 16 rings (SSSR count). The van der Waals surface area contributed by atoms with E-state index in [-0.39, 0.29) is 5.41 Å². The number of hydrogen-bond donors (Lipinski definition) is 0. The van der Waals surface area contributed by atoms with E-state index in [1.54, 1.807) is 0 Å². The third-order valence-electron chi connectivity index (χ3n) is 16.7. The molecule has 4 aliphatic carbocycles. The van der Waals surface area contributed by atoms with Crippen LogP contribution in [-0.2, 0) is 16.2 Å². The van der Waals surface area contributed by atoms with Gasteiger partial charge < -0.3 is 9.32 Å². The van der Waals surface area contributed by atoms with Crippen LogP contribution in [0, 0.1) is 0 Å². The second-order valence-electron chi connectivity index (χ2n) is 19.8. The van der Waals surface area contributed by atoms with Crippen molar-refractivity contribution < 1.29 is 4.42 Å². The van der Waals surface area contributed by atoms with E-state index in [1.165, 1.54) is 106 Å². The van der Waals surface area contributed by atoms with E-state index in [1.807, 2.05) is 0 Å². The summed E-state index contributed by atoms with van der Waals surface area (Å²) < 4.78 is 7.29. The fraction of sp³-hybridized carbons (Fsp3) is 0.0769. The Morgan fingerprint density at radius 3 is 1.39 bits per heavy atom. The predicted octanol–water partition coefficient (Wildman–Crippen LogP) is 16.4. The van der Waals surface area contributed by atoms with Crippen LogP contribution in [0.15, 0.2) is 217 Å². The smallest absolute Gasteiger partial charge is 0.142 e. The molecule has 0 fully saturated rings. The van der Waals surface area contributed by atoms with E-state index in [0.717, 1.165) is 33.3 Å². The molecule has 0 amide bonds. The van der Waals surface area contributed by atoms with Crippen molar-refractivity contribution in [2.75, 3.05) is 4.90 Å². The third-order valence-corrected chi connectivity index (χ3v) is 16.7.